The second kappa shape index (κ2) is 17.7. The lowest BCUT2D eigenvalue weighted by Gasteiger charge is -2.49. The molecule has 15 N–H and O–H groups in total. The van der Waals surface area contributed by atoms with Crippen molar-refractivity contribution in [2.24, 2.45) is 0 Å². The summed E-state index contributed by atoms with van der Waals surface area (Å²) in [7, 11) is -10.3. The second-order valence-corrected chi connectivity index (χ2v) is 14.7. The van der Waals surface area contributed by atoms with E-state index in [1.807, 2.05) is 0 Å². The van der Waals surface area contributed by atoms with Crippen molar-refractivity contribution in [1.82, 2.24) is 9.44 Å². The van der Waals surface area contributed by atoms with Gasteiger partial charge in [-0.1, -0.05) is 0 Å². The third-order valence-electron chi connectivity index (χ3n) is 8.70. The molecular formula is C24H40N2O26S2. The van der Waals surface area contributed by atoms with Crippen molar-refractivity contribution in [2.75, 3.05) is 19.8 Å². The molecule has 4 rings (SSSR count). The van der Waals surface area contributed by atoms with E-state index in [-0.39, 0.29) is 0 Å². The Balaban J connectivity index is 1.58. The van der Waals surface area contributed by atoms with Crippen molar-refractivity contribution in [3.05, 3.63) is 0 Å². The first-order valence-electron chi connectivity index (χ1n) is 15.5. The van der Waals surface area contributed by atoms with Crippen LogP contribution < -0.4 is 9.44 Å². The highest BCUT2D eigenvalue weighted by Gasteiger charge is 2.57. The molecule has 0 aromatic carbocycles. The molecule has 54 heavy (non-hydrogen) atoms. The number of carbonyl (C=O) groups is 2. The van der Waals surface area contributed by atoms with Gasteiger partial charge in [0.05, 0.1) is 25.9 Å². The van der Waals surface area contributed by atoms with Crippen molar-refractivity contribution in [2.45, 2.75) is 116 Å². The first-order valence-corrected chi connectivity index (χ1v) is 18.3. The quantitative estimate of drug-likeness (QED) is 0.0722. The van der Waals surface area contributed by atoms with E-state index in [4.69, 9.17) is 37.7 Å². The third-order valence-corrected chi connectivity index (χ3v) is 9.87. The maximum atomic E-state index is 12.3. The third kappa shape index (κ3) is 10.1. The van der Waals surface area contributed by atoms with Crippen molar-refractivity contribution >= 4 is 32.5 Å². The fourth-order valence-electron chi connectivity index (χ4n) is 6.07. The van der Waals surface area contributed by atoms with Crippen LogP contribution in [0.25, 0.3) is 0 Å². The number of carboxylic acid groups (broad SMARTS) is 2. The normalized spacial score (nSPS) is 45.1. The van der Waals surface area contributed by atoms with Gasteiger partial charge in [0.2, 0.25) is 0 Å². The molecule has 0 spiro atoms. The van der Waals surface area contributed by atoms with Gasteiger partial charge in [0.1, 0.15) is 79.3 Å². The molecule has 30 heteroatoms. The molecule has 4 aliphatic rings. The van der Waals surface area contributed by atoms with Gasteiger partial charge in [0.15, 0.2) is 31.1 Å². The van der Waals surface area contributed by atoms with Crippen molar-refractivity contribution in [3.63, 3.8) is 0 Å². The summed E-state index contributed by atoms with van der Waals surface area (Å²) < 4.78 is 105. The fourth-order valence-corrected chi connectivity index (χ4v) is 7.25. The van der Waals surface area contributed by atoms with Gasteiger partial charge in [-0.2, -0.15) is 26.3 Å². The molecule has 19 atom stereocenters. The summed E-state index contributed by atoms with van der Waals surface area (Å²) in [5.74, 6) is -3.82. The molecule has 0 aromatic rings. The fraction of sp³-hybridized carbons (Fsp3) is 0.917. The lowest BCUT2D eigenvalue weighted by Crippen LogP contribution is -2.70. The van der Waals surface area contributed by atoms with E-state index in [0.29, 0.717) is 0 Å². The minimum absolute atomic E-state index is 0.620. The summed E-state index contributed by atoms with van der Waals surface area (Å²) in [5.41, 5.74) is 0. The topological polar surface area (TPSA) is 454 Å². The van der Waals surface area contributed by atoms with Gasteiger partial charge < -0.3 is 89.3 Å². The summed E-state index contributed by atoms with van der Waals surface area (Å²) in [6.07, 6.45) is -36.9. The Labute approximate surface area is 303 Å². The number of nitrogens with one attached hydrogen (secondary N) is 2. The van der Waals surface area contributed by atoms with Crippen LogP contribution in [0.2, 0.25) is 0 Å². The highest BCUT2D eigenvalue weighted by Crippen LogP contribution is 2.34. The smallest absolute Gasteiger partial charge is 0.335 e. The Hall–Kier alpha value is -1.96. The van der Waals surface area contributed by atoms with Crippen LogP contribution in [0.4, 0.5) is 0 Å². The summed E-state index contributed by atoms with van der Waals surface area (Å²) >= 11 is 0. The van der Waals surface area contributed by atoms with Crippen molar-refractivity contribution < 1.29 is 125 Å². The van der Waals surface area contributed by atoms with E-state index >= 15 is 0 Å². The summed E-state index contributed by atoms with van der Waals surface area (Å²) in [6, 6.07) is -3.94. The Morgan fingerprint density at radius 2 is 1.06 bits per heavy atom. The minimum atomic E-state index is -5.38. The highest BCUT2D eigenvalue weighted by atomic mass is 32.2. The second-order valence-electron chi connectivity index (χ2n) is 12.4. The molecule has 0 amide bonds. The number of aliphatic hydroxyl groups excluding tert-OH is 9. The molecule has 0 aromatic heterocycles. The minimum Gasteiger partial charge on any atom is -0.479 e. The number of aliphatic carboxylic acids is 2. The van der Waals surface area contributed by atoms with Crippen molar-refractivity contribution in [3.8, 4) is 0 Å². The monoisotopic (exact) mass is 836 g/mol. The largest absolute Gasteiger partial charge is 0.479 e. The molecule has 0 saturated carbocycles. The molecule has 0 radical (unpaired) electrons. The number of ether oxygens (including phenoxy) is 7. The number of hydrogen-bond acceptors (Lipinski definition) is 22. The average Bonchev–Trinajstić information content (AvgIpc) is 3.07. The Kier molecular flexibility index (Phi) is 14.6. The number of carboxylic acids is 2. The van der Waals surface area contributed by atoms with Gasteiger partial charge in [-0.25, -0.2) is 9.59 Å². The van der Waals surface area contributed by atoms with Gasteiger partial charge in [-0.3, -0.25) is 9.11 Å². The number of rotatable bonds is 14. The van der Waals surface area contributed by atoms with Crippen LogP contribution >= 0.6 is 0 Å². The first-order chi connectivity index (χ1) is 25.0. The molecule has 28 nitrogen and oxygen atoms in total. The zero-order valence-corrected chi connectivity index (χ0v) is 28.7. The van der Waals surface area contributed by atoms with Crippen LogP contribution in [0.15, 0.2) is 0 Å². The van der Waals surface area contributed by atoms with Crippen LogP contribution in [0.3, 0.4) is 0 Å². The molecular weight excluding hydrogens is 796 g/mol. The van der Waals surface area contributed by atoms with Gasteiger partial charge in [-0.05, 0) is 0 Å². The van der Waals surface area contributed by atoms with Gasteiger partial charge in [-0.15, -0.1) is 0 Å². The Morgan fingerprint density at radius 3 is 1.56 bits per heavy atom. The summed E-state index contributed by atoms with van der Waals surface area (Å²) in [5, 5.41) is 113. The molecule has 4 heterocycles. The lowest BCUT2D eigenvalue weighted by atomic mass is 9.94. The Morgan fingerprint density at radius 1 is 0.574 bits per heavy atom. The van der Waals surface area contributed by atoms with Gasteiger partial charge in [0.25, 0.3) is 0 Å². The Bertz CT molecular complexity index is 1520. The van der Waals surface area contributed by atoms with Gasteiger partial charge in [0, 0.05) is 0 Å². The molecule has 0 unspecified atom stereocenters. The average molecular weight is 837 g/mol. The van der Waals surface area contributed by atoms with E-state index in [1.165, 1.54) is 4.72 Å². The van der Waals surface area contributed by atoms with Crippen LogP contribution in [0.1, 0.15) is 0 Å². The van der Waals surface area contributed by atoms with E-state index in [0.717, 1.165) is 0 Å². The summed E-state index contributed by atoms with van der Waals surface area (Å²) in [4.78, 5) is 23.8. The maximum absolute atomic E-state index is 12.3. The van der Waals surface area contributed by atoms with E-state index in [9.17, 15) is 87.1 Å². The first kappa shape index (κ1) is 44.8. The SMILES string of the molecule is O=C(O)[C@H]1O[C@@H](O[C@H]2[C@H](O)[C@@H](NS(=O)(=O)O)[C@@H](O[C@H]3[C@H](O)[C@@H](O)[C@H](O[C@H]4[C@H](O)[C@@H](NS(=O)(=O)O)CO[C@@H]4CO)O[C@@H]3C(=O)O)O[C@@H]2CO)[C@H](O)[C@@H](O)[C@@H]1O. The predicted octanol–water partition coefficient (Wildman–Crippen LogP) is -10.1. The standard InChI is InChI=1S/C24H40N2O26S2/c27-1-5-15(8(29)4(3-46-5)25-53(40,41)42)48-24-14(35)12(33)17(19(52-24)21(38)39)50-22-7(26-54(43,44)45)9(30)16(6(2-28)47-22)49-23-13(34)10(31)11(32)18(51-23)20(36)37/h4-19,22-35H,1-3H2,(H,36,37)(H,38,39)(H,40,41,42)(H,43,44,45)/t4-,5+,6+,7+,8+,9+,10-,11-,12+,13+,14+,15+,16+,17-,18-,19-,22+,23+,24+/m0/s1. The van der Waals surface area contributed by atoms with Crippen LogP contribution in [-0.2, 0) is 63.4 Å². The van der Waals surface area contributed by atoms with Gasteiger partial charge >= 0.3 is 32.5 Å². The summed E-state index contributed by atoms with van der Waals surface area (Å²) in [6.45, 7) is -2.72. The lowest BCUT2D eigenvalue weighted by molar-refractivity contribution is -0.367. The molecule has 4 saturated heterocycles. The molecule has 0 bridgehead atoms. The zero-order chi connectivity index (χ0) is 40.6. The van der Waals surface area contributed by atoms with Crippen molar-refractivity contribution in [1.29, 1.82) is 0 Å². The highest BCUT2D eigenvalue weighted by molar-refractivity contribution is 7.84. The predicted molar refractivity (Wildman–Crippen MR) is 159 cm³/mol. The number of aliphatic hydroxyl groups is 9. The molecule has 0 aliphatic carbocycles. The zero-order valence-electron chi connectivity index (χ0n) is 27.0. The molecule has 314 valence electrons. The van der Waals surface area contributed by atoms with E-state index < -0.39 is 169 Å². The van der Waals surface area contributed by atoms with E-state index in [2.05, 4.69) is 0 Å². The molecule has 4 aliphatic heterocycles. The van der Waals surface area contributed by atoms with Crippen LogP contribution in [0, 0.1) is 0 Å². The number of hydrogen-bond donors (Lipinski definition) is 15. The molecule has 4 fully saturated rings. The maximum Gasteiger partial charge on any atom is 0.335 e. The van der Waals surface area contributed by atoms with Crippen LogP contribution in [0.5, 0.6) is 0 Å². The van der Waals surface area contributed by atoms with Crippen LogP contribution in [-0.4, -0.2) is 230 Å². The van der Waals surface area contributed by atoms with E-state index in [1.54, 1.807) is 4.72 Å².